The van der Waals surface area contributed by atoms with E-state index in [1.807, 2.05) is 13.0 Å². The van der Waals surface area contributed by atoms with E-state index >= 15 is 0 Å². The summed E-state index contributed by atoms with van der Waals surface area (Å²) in [6.07, 6.45) is 5.49. The number of hydrogen-bond donors (Lipinski definition) is 3. The number of aromatic amines is 2. The minimum Gasteiger partial charge on any atom is -0.375 e. The number of H-pyrrole nitrogens is 2. The van der Waals surface area contributed by atoms with Gasteiger partial charge in [-0.25, -0.2) is 4.99 Å². The summed E-state index contributed by atoms with van der Waals surface area (Å²) in [7, 11) is 0. The van der Waals surface area contributed by atoms with Crippen LogP contribution in [0, 0.1) is 47.8 Å². The van der Waals surface area contributed by atoms with Gasteiger partial charge in [0.25, 0.3) is 0 Å². The summed E-state index contributed by atoms with van der Waals surface area (Å²) < 4.78 is 43.9. The molecule has 3 aromatic carbocycles. The molecule has 8 rings (SSSR count). The summed E-state index contributed by atoms with van der Waals surface area (Å²) >= 11 is 0. The Balaban J connectivity index is 1.46. The standard InChI is InChI=1S/C38H24F3N7O6/c1-38-15-14-30(45-38)36(20-3-6-23(40)33(17-20)47(51)52)29-11-9-26(43-29)25-8-10-27(42-25)35(19-2-5-22(39)32(16-19)46(49)50)28-12-13-31(44-28)37(38)21-4-7-24(41)34(18-21)48(53)54/h2-14,16-18,42,44-45H,15H2,1H3/b35-28-,36-29-,37-31-. The predicted octanol–water partition coefficient (Wildman–Crippen LogP) is 6.35. The Morgan fingerprint density at radius 2 is 1.19 bits per heavy atom. The van der Waals surface area contributed by atoms with Gasteiger partial charge in [0.15, 0.2) is 0 Å². The van der Waals surface area contributed by atoms with Crippen LogP contribution in [0.3, 0.4) is 0 Å². The lowest BCUT2D eigenvalue weighted by Crippen LogP contribution is -2.42. The molecule has 54 heavy (non-hydrogen) atoms. The second-order valence-corrected chi connectivity index (χ2v) is 13.0. The number of benzene rings is 3. The fraction of sp³-hybridized carbons (Fsp3) is 0.0789. The van der Waals surface area contributed by atoms with E-state index < -0.39 is 54.8 Å². The number of aliphatic imine (C=N–C) groups is 1. The Bertz CT molecular complexity index is 2780. The Morgan fingerprint density at radius 1 is 0.648 bits per heavy atom. The van der Waals surface area contributed by atoms with Crippen molar-refractivity contribution in [3.8, 4) is 0 Å². The first-order valence-corrected chi connectivity index (χ1v) is 16.3. The van der Waals surface area contributed by atoms with E-state index in [4.69, 9.17) is 4.99 Å². The summed E-state index contributed by atoms with van der Waals surface area (Å²) in [5.74, 6) is -3.09. The molecule has 3 aliphatic rings. The van der Waals surface area contributed by atoms with Gasteiger partial charge in [0.05, 0.1) is 37.4 Å². The van der Waals surface area contributed by atoms with Gasteiger partial charge in [-0.3, -0.25) is 30.3 Å². The highest BCUT2D eigenvalue weighted by Gasteiger charge is 2.38. The van der Waals surface area contributed by atoms with Gasteiger partial charge in [-0.1, -0.05) is 24.3 Å². The van der Waals surface area contributed by atoms with Crippen LogP contribution in [0.15, 0.2) is 113 Å². The number of hydrogen-bond acceptors (Lipinski definition) is 8. The first kappa shape index (κ1) is 33.8. The molecule has 0 saturated carbocycles. The second-order valence-electron chi connectivity index (χ2n) is 13.0. The first-order valence-electron chi connectivity index (χ1n) is 16.3. The van der Waals surface area contributed by atoms with Crippen molar-refractivity contribution < 1.29 is 27.9 Å². The predicted molar refractivity (Wildman–Crippen MR) is 191 cm³/mol. The third-order valence-corrected chi connectivity index (χ3v) is 9.59. The summed E-state index contributed by atoms with van der Waals surface area (Å²) in [6.45, 7) is 1.82. The largest absolute Gasteiger partial charge is 0.375 e. The van der Waals surface area contributed by atoms with Gasteiger partial charge in [0.1, 0.15) is 0 Å². The van der Waals surface area contributed by atoms with Crippen LogP contribution < -0.4 is 16.0 Å². The van der Waals surface area contributed by atoms with Crippen molar-refractivity contribution in [2.24, 2.45) is 4.99 Å². The van der Waals surface area contributed by atoms with E-state index in [9.17, 15) is 43.5 Å². The van der Waals surface area contributed by atoms with E-state index in [2.05, 4.69) is 15.3 Å². The molecule has 0 amide bonds. The van der Waals surface area contributed by atoms with Gasteiger partial charge >= 0.3 is 17.1 Å². The van der Waals surface area contributed by atoms with Gasteiger partial charge in [0.2, 0.25) is 17.5 Å². The second kappa shape index (κ2) is 12.4. The van der Waals surface area contributed by atoms with Crippen molar-refractivity contribution in [2.45, 2.75) is 18.9 Å². The SMILES string of the molecule is CC12CC=C(N1)/C(c1ccc(F)c([N+](=O)[O-])c1)=C1/C=CC(=N1)c1ccc([nH]1)/C(c1ccc(F)c([N+](=O)[O-])c1)=c1/cc/c([nH]1)=C/2c1ccc(F)c([N+](=O)[O-])c1. The van der Waals surface area contributed by atoms with Gasteiger partial charge in [-0.2, -0.15) is 13.2 Å². The summed E-state index contributed by atoms with van der Waals surface area (Å²) in [5.41, 5.74) is 1.06. The van der Waals surface area contributed by atoms with E-state index in [1.54, 1.807) is 36.4 Å². The van der Waals surface area contributed by atoms with Crippen molar-refractivity contribution in [3.63, 3.8) is 0 Å². The van der Waals surface area contributed by atoms with Crippen molar-refractivity contribution >= 4 is 39.5 Å². The normalized spacial score (nSPS) is 20.8. The summed E-state index contributed by atoms with van der Waals surface area (Å²) in [6, 6.07) is 17.4. The van der Waals surface area contributed by atoms with Crippen LogP contribution in [0.4, 0.5) is 30.2 Å². The lowest BCUT2D eigenvalue weighted by molar-refractivity contribution is -0.387. The average Bonchev–Trinajstić information content (AvgIpc) is 3.96. The topological polar surface area (TPSA) is 185 Å². The maximum Gasteiger partial charge on any atom is 0.305 e. The molecule has 8 bridgehead atoms. The van der Waals surface area contributed by atoms with E-state index in [1.165, 1.54) is 18.2 Å². The Labute approximate surface area is 301 Å². The lowest BCUT2D eigenvalue weighted by atomic mass is 9.84. The number of allylic oxidation sites excluding steroid dienone is 3. The fourth-order valence-corrected chi connectivity index (χ4v) is 7.16. The molecular weight excluding hydrogens is 707 g/mol. The molecule has 5 heterocycles. The molecule has 3 N–H and O–H groups in total. The highest BCUT2D eigenvalue weighted by molar-refractivity contribution is 6.11. The number of halogens is 3. The quantitative estimate of drug-likeness (QED) is 0.134. The summed E-state index contributed by atoms with van der Waals surface area (Å²) in [5, 5.41) is 39.8. The monoisotopic (exact) mass is 731 g/mol. The molecule has 13 nitrogen and oxygen atoms in total. The number of rotatable bonds is 6. The summed E-state index contributed by atoms with van der Waals surface area (Å²) in [4.78, 5) is 44.5. The Morgan fingerprint density at radius 3 is 1.80 bits per heavy atom. The van der Waals surface area contributed by atoms with E-state index in [0.29, 0.717) is 55.9 Å². The lowest BCUT2D eigenvalue weighted by Gasteiger charge is -2.31. The van der Waals surface area contributed by atoms with E-state index in [0.717, 1.165) is 36.4 Å². The molecule has 1 atom stereocenters. The molecule has 2 aromatic heterocycles. The average molecular weight is 732 g/mol. The Kier molecular flexibility index (Phi) is 7.75. The van der Waals surface area contributed by atoms with Gasteiger partial charge < -0.3 is 15.3 Å². The molecule has 0 spiro atoms. The Hall–Kier alpha value is -7.36. The molecule has 1 unspecified atom stereocenters. The molecule has 0 saturated heterocycles. The zero-order chi connectivity index (χ0) is 38.1. The third-order valence-electron chi connectivity index (χ3n) is 9.59. The van der Waals surface area contributed by atoms with Crippen LogP contribution in [-0.4, -0.2) is 36.0 Å². The molecule has 0 fully saturated rings. The number of nitro groups is 3. The minimum atomic E-state index is -1.09. The fourth-order valence-electron chi connectivity index (χ4n) is 7.16. The number of nitrogens with one attached hydrogen (secondary N) is 3. The maximum absolute atomic E-state index is 14.7. The smallest absolute Gasteiger partial charge is 0.305 e. The van der Waals surface area contributed by atoms with Crippen LogP contribution in [0.5, 0.6) is 0 Å². The zero-order valence-corrected chi connectivity index (χ0v) is 27.8. The van der Waals surface area contributed by atoms with Gasteiger partial charge in [-0.05, 0) is 84.7 Å². The molecule has 16 heteroatoms. The number of nitro benzene ring substituents is 3. The van der Waals surface area contributed by atoms with Crippen LogP contribution in [-0.2, 0) is 0 Å². The number of aromatic nitrogens is 2. The maximum atomic E-state index is 14.7. The molecule has 0 aliphatic carbocycles. The zero-order valence-electron chi connectivity index (χ0n) is 27.8. The van der Waals surface area contributed by atoms with Gasteiger partial charge in [0, 0.05) is 57.0 Å². The minimum absolute atomic E-state index is 0.246. The molecule has 0 radical (unpaired) electrons. The van der Waals surface area contributed by atoms with E-state index in [-0.39, 0.29) is 23.1 Å². The van der Waals surface area contributed by atoms with Crippen LogP contribution in [0.25, 0.3) is 16.7 Å². The van der Waals surface area contributed by atoms with Gasteiger partial charge in [-0.15, -0.1) is 0 Å². The van der Waals surface area contributed by atoms with Crippen molar-refractivity contribution in [1.29, 1.82) is 0 Å². The highest BCUT2D eigenvalue weighted by Crippen LogP contribution is 2.41. The number of fused-ring (bicyclic) bond motifs is 8. The molecule has 3 aliphatic heterocycles. The van der Waals surface area contributed by atoms with Crippen LogP contribution in [0.2, 0.25) is 0 Å². The molecular formula is C38H24F3N7O6. The highest BCUT2D eigenvalue weighted by atomic mass is 19.1. The van der Waals surface area contributed by atoms with Crippen molar-refractivity contribution in [3.05, 3.63) is 195 Å². The molecule has 268 valence electrons. The number of nitrogens with zero attached hydrogens (tertiary/aromatic N) is 4. The molecule has 5 aromatic rings. The van der Waals surface area contributed by atoms with Crippen LogP contribution in [0.1, 0.15) is 41.4 Å². The third kappa shape index (κ3) is 5.56. The van der Waals surface area contributed by atoms with Crippen molar-refractivity contribution in [1.82, 2.24) is 15.3 Å². The van der Waals surface area contributed by atoms with Crippen molar-refractivity contribution in [2.75, 3.05) is 0 Å². The van der Waals surface area contributed by atoms with Crippen LogP contribution >= 0.6 is 0 Å². The first-order chi connectivity index (χ1) is 25.8.